The van der Waals surface area contributed by atoms with Crippen LogP contribution >= 0.6 is 0 Å². The fraction of sp³-hybridized carbons (Fsp3) is 0.667. The molecule has 1 aromatic carbocycles. The maximum Gasteiger partial charge on any atom is 0.408 e. The summed E-state index contributed by atoms with van der Waals surface area (Å²) in [6, 6.07) is 4.22. The number of carbonyl (C=O) groups is 4. The molecule has 0 heterocycles. The van der Waals surface area contributed by atoms with Crippen LogP contribution in [-0.2, 0) is 23.9 Å². The van der Waals surface area contributed by atoms with Crippen LogP contribution < -0.4 is 10.6 Å². The third kappa shape index (κ3) is 12.7. The number of phenols is 1. The van der Waals surface area contributed by atoms with E-state index in [0.717, 1.165) is 19.3 Å². The predicted molar refractivity (Wildman–Crippen MR) is 154 cm³/mol. The molecule has 40 heavy (non-hydrogen) atoms. The molecule has 0 aliphatic carbocycles. The van der Waals surface area contributed by atoms with Gasteiger partial charge >= 0.3 is 12.1 Å². The van der Waals surface area contributed by atoms with E-state index in [1.165, 1.54) is 11.0 Å². The lowest BCUT2D eigenvalue weighted by atomic mass is 9.98. The van der Waals surface area contributed by atoms with Crippen molar-refractivity contribution in [1.29, 1.82) is 0 Å². The van der Waals surface area contributed by atoms with E-state index < -0.39 is 41.6 Å². The van der Waals surface area contributed by atoms with E-state index in [4.69, 9.17) is 9.47 Å². The normalized spacial score (nSPS) is 12.8. The number of hydrogen-bond donors (Lipinski definition) is 3. The molecule has 2 unspecified atom stereocenters. The Morgan fingerprint density at radius 2 is 1.70 bits per heavy atom. The number of alkyl carbamates (subject to hydrolysis) is 1. The number of ether oxygens (including phenoxy) is 2. The van der Waals surface area contributed by atoms with Gasteiger partial charge in [0.05, 0.1) is 13.0 Å². The van der Waals surface area contributed by atoms with Crippen molar-refractivity contribution in [3.63, 3.8) is 0 Å². The van der Waals surface area contributed by atoms with Crippen LogP contribution in [0.1, 0.15) is 98.6 Å². The molecule has 0 fully saturated rings. The molecular weight excluding hydrogens is 514 g/mol. The van der Waals surface area contributed by atoms with Gasteiger partial charge in [-0.2, -0.15) is 0 Å². The first-order valence-corrected chi connectivity index (χ1v) is 14.3. The van der Waals surface area contributed by atoms with Gasteiger partial charge in [0.25, 0.3) is 0 Å². The highest BCUT2D eigenvalue weighted by molar-refractivity contribution is 5.92. The van der Waals surface area contributed by atoms with E-state index in [1.807, 2.05) is 13.8 Å². The lowest BCUT2D eigenvalue weighted by Gasteiger charge is -2.35. The Morgan fingerprint density at radius 3 is 2.27 bits per heavy atom. The molecule has 0 aromatic heterocycles. The second-order valence-electron chi connectivity index (χ2n) is 11.2. The van der Waals surface area contributed by atoms with Crippen molar-refractivity contribution in [2.75, 3.05) is 19.7 Å². The zero-order chi connectivity index (χ0) is 30.3. The van der Waals surface area contributed by atoms with E-state index in [-0.39, 0.29) is 43.3 Å². The Morgan fingerprint density at radius 1 is 1.02 bits per heavy atom. The van der Waals surface area contributed by atoms with Crippen LogP contribution in [0.5, 0.6) is 5.75 Å². The van der Waals surface area contributed by atoms with Gasteiger partial charge in [-0.15, -0.1) is 0 Å². The first kappa shape index (κ1) is 34.7. The van der Waals surface area contributed by atoms with Crippen LogP contribution in [0.4, 0.5) is 4.79 Å². The predicted octanol–water partition coefficient (Wildman–Crippen LogP) is 4.85. The van der Waals surface area contributed by atoms with Gasteiger partial charge in [-0.25, -0.2) is 4.79 Å². The zero-order valence-corrected chi connectivity index (χ0v) is 25.2. The van der Waals surface area contributed by atoms with E-state index in [9.17, 15) is 24.3 Å². The van der Waals surface area contributed by atoms with E-state index in [1.54, 1.807) is 45.9 Å². The van der Waals surface area contributed by atoms with Gasteiger partial charge in [-0.3, -0.25) is 14.4 Å². The summed E-state index contributed by atoms with van der Waals surface area (Å²) >= 11 is 0. The summed E-state index contributed by atoms with van der Waals surface area (Å²) in [6.45, 7) is 13.3. The lowest BCUT2D eigenvalue weighted by Crippen LogP contribution is -2.53. The third-order valence-electron chi connectivity index (χ3n) is 5.96. The highest BCUT2D eigenvalue weighted by Gasteiger charge is 2.37. The average Bonchev–Trinajstić information content (AvgIpc) is 2.84. The molecule has 3 N–H and O–H groups in total. The number of unbranched alkanes of at least 4 members (excludes halogenated alkanes) is 3. The lowest BCUT2D eigenvalue weighted by molar-refractivity contribution is -0.144. The summed E-state index contributed by atoms with van der Waals surface area (Å²) in [5.74, 6) is -1.54. The van der Waals surface area contributed by atoms with Gasteiger partial charge in [0.1, 0.15) is 23.4 Å². The van der Waals surface area contributed by atoms with Crippen molar-refractivity contribution in [1.82, 2.24) is 15.5 Å². The Balaban J connectivity index is 3.45. The van der Waals surface area contributed by atoms with Gasteiger partial charge < -0.3 is 30.1 Å². The minimum absolute atomic E-state index is 0.00517. The maximum absolute atomic E-state index is 14.2. The van der Waals surface area contributed by atoms with Crippen LogP contribution in [0, 0.1) is 5.92 Å². The monoisotopic (exact) mass is 563 g/mol. The summed E-state index contributed by atoms with van der Waals surface area (Å²) in [7, 11) is 0. The van der Waals surface area contributed by atoms with Crippen LogP contribution in [0.3, 0.4) is 0 Å². The zero-order valence-electron chi connectivity index (χ0n) is 25.2. The fourth-order valence-corrected chi connectivity index (χ4v) is 4.21. The number of esters is 1. The van der Waals surface area contributed by atoms with E-state index >= 15 is 0 Å². The molecule has 10 heteroatoms. The van der Waals surface area contributed by atoms with Gasteiger partial charge in [0, 0.05) is 18.7 Å². The molecule has 226 valence electrons. The number of nitrogens with one attached hydrogen (secondary N) is 2. The number of amides is 3. The molecule has 1 rings (SSSR count). The topological polar surface area (TPSA) is 134 Å². The molecule has 0 spiro atoms. The highest BCUT2D eigenvalue weighted by atomic mass is 16.6. The van der Waals surface area contributed by atoms with Crippen molar-refractivity contribution in [2.45, 2.75) is 105 Å². The third-order valence-corrected chi connectivity index (χ3v) is 5.96. The molecule has 3 amide bonds. The molecule has 1 aromatic rings. The van der Waals surface area contributed by atoms with E-state index in [0.29, 0.717) is 12.8 Å². The average molecular weight is 564 g/mol. The molecule has 10 nitrogen and oxygen atoms in total. The second kappa shape index (κ2) is 17.4. The minimum Gasteiger partial charge on any atom is -0.508 e. The molecule has 0 aliphatic heterocycles. The molecule has 2 atom stereocenters. The second-order valence-corrected chi connectivity index (χ2v) is 11.2. The Labute approximate surface area is 239 Å². The van der Waals surface area contributed by atoms with E-state index in [2.05, 4.69) is 17.6 Å². The van der Waals surface area contributed by atoms with Crippen molar-refractivity contribution in [2.24, 2.45) is 5.92 Å². The number of carbonyl (C=O) groups excluding carboxylic acids is 4. The quantitative estimate of drug-likeness (QED) is 0.193. The van der Waals surface area contributed by atoms with Crippen LogP contribution in [0.15, 0.2) is 24.3 Å². The molecule has 0 saturated heterocycles. The summed E-state index contributed by atoms with van der Waals surface area (Å²) in [5.41, 5.74) is -0.507. The largest absolute Gasteiger partial charge is 0.508 e. The van der Waals surface area contributed by atoms with Crippen LogP contribution in [-0.4, -0.2) is 65.2 Å². The van der Waals surface area contributed by atoms with Gasteiger partial charge in [-0.05, 0) is 52.5 Å². The maximum atomic E-state index is 14.2. The summed E-state index contributed by atoms with van der Waals surface area (Å²) in [4.78, 5) is 53.8. The van der Waals surface area contributed by atoms with Crippen LogP contribution in [0.25, 0.3) is 0 Å². The SMILES string of the molecule is CCCCCCN(C(=O)C(CC(C)C)NC(=O)OC(C)(C)C)C(C(=O)NCCC(=O)OCC)c1ccccc1O. The Kier molecular flexibility index (Phi) is 15.1. The first-order chi connectivity index (χ1) is 18.8. The minimum atomic E-state index is -1.19. The number of para-hydroxylation sites is 1. The van der Waals surface area contributed by atoms with Gasteiger partial charge in [0.2, 0.25) is 11.8 Å². The molecule has 0 saturated carbocycles. The highest BCUT2D eigenvalue weighted by Crippen LogP contribution is 2.30. The summed E-state index contributed by atoms with van der Waals surface area (Å²) in [6.07, 6.45) is 2.97. The van der Waals surface area contributed by atoms with Crippen molar-refractivity contribution < 1.29 is 33.8 Å². The fourth-order valence-electron chi connectivity index (χ4n) is 4.21. The molecule has 0 radical (unpaired) electrons. The summed E-state index contributed by atoms with van der Waals surface area (Å²) in [5, 5.41) is 16.2. The van der Waals surface area contributed by atoms with Crippen molar-refractivity contribution in [3.05, 3.63) is 29.8 Å². The molecular formula is C30H49N3O7. The standard InChI is InChI=1S/C30H49N3O7/c1-8-10-11-14-19-33(28(37)23(20-21(3)4)32-29(38)40-30(5,6)7)26(22-15-12-13-16-24(22)34)27(36)31-18-17-25(35)39-9-2/h12-13,15-16,21,23,26,34H,8-11,14,17-20H2,1-7H3,(H,31,36)(H,32,38). The van der Waals surface area contributed by atoms with Crippen LogP contribution in [0.2, 0.25) is 0 Å². The van der Waals surface area contributed by atoms with Gasteiger partial charge in [-0.1, -0.05) is 58.2 Å². The Hall–Kier alpha value is -3.30. The van der Waals surface area contributed by atoms with Crippen molar-refractivity contribution >= 4 is 23.9 Å². The number of benzene rings is 1. The Bertz CT molecular complexity index is 959. The van der Waals surface area contributed by atoms with Gasteiger partial charge in [0.15, 0.2) is 0 Å². The number of aromatic hydroxyl groups is 1. The number of nitrogens with zero attached hydrogens (tertiary/aromatic N) is 1. The number of rotatable bonds is 16. The summed E-state index contributed by atoms with van der Waals surface area (Å²) < 4.78 is 10.4. The molecule has 0 aliphatic rings. The van der Waals surface area contributed by atoms with Crippen molar-refractivity contribution in [3.8, 4) is 5.75 Å². The number of phenolic OH excluding ortho intramolecular Hbond substituents is 1. The molecule has 0 bridgehead atoms. The number of hydrogen-bond acceptors (Lipinski definition) is 7. The smallest absolute Gasteiger partial charge is 0.408 e. The first-order valence-electron chi connectivity index (χ1n) is 14.3.